The molecular weight excluding hydrogens is 132 g/mol. The second-order valence-electron chi connectivity index (χ2n) is 3.42. The molecule has 0 unspecified atom stereocenters. The van der Waals surface area contributed by atoms with Crippen molar-refractivity contribution in [1.82, 2.24) is 0 Å². The molecular formula is C11H16. The smallest absolute Gasteiger partial charge is 0.0276 e. The maximum atomic E-state index is 2.27. The molecule has 0 bridgehead atoms. The van der Waals surface area contributed by atoms with E-state index in [0.29, 0.717) is 0 Å². The highest BCUT2D eigenvalue weighted by Gasteiger charge is 1.94. The van der Waals surface area contributed by atoms with E-state index in [1.54, 1.807) is 0 Å². The SMILES string of the molecule is CC(C)CCc1ccccc1. The molecule has 0 aliphatic rings. The third-order valence-electron chi connectivity index (χ3n) is 1.85. The molecule has 0 amide bonds. The molecule has 0 atom stereocenters. The monoisotopic (exact) mass is 148 g/mol. The molecule has 0 nitrogen and oxygen atoms in total. The lowest BCUT2D eigenvalue weighted by Crippen LogP contribution is -1.91. The summed E-state index contributed by atoms with van der Waals surface area (Å²) in [6.45, 7) is 4.53. The minimum absolute atomic E-state index is 0.815. The van der Waals surface area contributed by atoms with Gasteiger partial charge in [-0.15, -0.1) is 0 Å². The minimum atomic E-state index is 0.815. The van der Waals surface area contributed by atoms with Crippen molar-refractivity contribution in [2.75, 3.05) is 0 Å². The van der Waals surface area contributed by atoms with Crippen molar-refractivity contribution in [3.8, 4) is 0 Å². The molecule has 0 aliphatic carbocycles. The number of aryl methyl sites for hydroxylation is 1. The van der Waals surface area contributed by atoms with Gasteiger partial charge in [0.2, 0.25) is 0 Å². The van der Waals surface area contributed by atoms with Gasteiger partial charge in [-0.1, -0.05) is 44.2 Å². The van der Waals surface area contributed by atoms with Gasteiger partial charge in [-0.3, -0.25) is 0 Å². The zero-order valence-electron chi connectivity index (χ0n) is 7.38. The molecule has 0 fully saturated rings. The van der Waals surface area contributed by atoms with E-state index in [1.165, 1.54) is 18.4 Å². The van der Waals surface area contributed by atoms with Crippen LogP contribution in [0, 0.1) is 5.92 Å². The van der Waals surface area contributed by atoms with E-state index in [9.17, 15) is 0 Å². The molecule has 0 N–H and O–H groups in total. The average Bonchev–Trinajstić information content (AvgIpc) is 2.03. The van der Waals surface area contributed by atoms with Gasteiger partial charge < -0.3 is 0 Å². The first-order valence-corrected chi connectivity index (χ1v) is 4.33. The lowest BCUT2D eigenvalue weighted by Gasteiger charge is -2.03. The van der Waals surface area contributed by atoms with Gasteiger partial charge >= 0.3 is 0 Å². The van der Waals surface area contributed by atoms with Crippen LogP contribution in [0.3, 0.4) is 0 Å². The van der Waals surface area contributed by atoms with Crippen molar-refractivity contribution in [3.63, 3.8) is 0 Å². The Bertz CT molecular complexity index is 186. The van der Waals surface area contributed by atoms with Gasteiger partial charge in [-0.25, -0.2) is 0 Å². The Balaban J connectivity index is 2.39. The molecule has 11 heavy (non-hydrogen) atoms. The Morgan fingerprint density at radius 3 is 2.27 bits per heavy atom. The molecule has 0 aromatic heterocycles. The molecule has 0 spiro atoms. The predicted octanol–water partition coefficient (Wildman–Crippen LogP) is 3.28. The molecule has 1 aromatic carbocycles. The number of rotatable bonds is 3. The Labute approximate surface area is 69.3 Å². The van der Waals surface area contributed by atoms with Crippen molar-refractivity contribution < 1.29 is 0 Å². The van der Waals surface area contributed by atoms with Crippen LogP contribution in [-0.4, -0.2) is 0 Å². The van der Waals surface area contributed by atoms with Crippen molar-refractivity contribution in [1.29, 1.82) is 0 Å². The van der Waals surface area contributed by atoms with Gasteiger partial charge in [0.1, 0.15) is 0 Å². The number of hydrogen-bond donors (Lipinski definition) is 0. The Morgan fingerprint density at radius 1 is 1.09 bits per heavy atom. The second-order valence-corrected chi connectivity index (χ2v) is 3.42. The van der Waals surface area contributed by atoms with E-state index in [1.807, 2.05) is 0 Å². The van der Waals surface area contributed by atoms with Gasteiger partial charge in [0, 0.05) is 0 Å². The zero-order valence-corrected chi connectivity index (χ0v) is 7.38. The van der Waals surface area contributed by atoms with Gasteiger partial charge in [-0.05, 0) is 24.3 Å². The van der Waals surface area contributed by atoms with Crippen LogP contribution in [0.15, 0.2) is 30.3 Å². The fourth-order valence-electron chi connectivity index (χ4n) is 1.10. The summed E-state index contributed by atoms with van der Waals surface area (Å²) >= 11 is 0. The number of benzene rings is 1. The standard InChI is InChI=1S/C11H16/c1-10(2)8-9-11-6-4-3-5-7-11/h3-7,10H,8-9H2,1-2H3. The quantitative estimate of drug-likeness (QED) is 0.617. The summed E-state index contributed by atoms with van der Waals surface area (Å²) in [5, 5.41) is 0. The molecule has 0 aliphatic heterocycles. The molecule has 0 saturated carbocycles. The van der Waals surface area contributed by atoms with E-state index in [-0.39, 0.29) is 0 Å². The second kappa shape index (κ2) is 4.17. The Morgan fingerprint density at radius 2 is 1.73 bits per heavy atom. The van der Waals surface area contributed by atoms with Gasteiger partial charge in [0.05, 0.1) is 0 Å². The van der Waals surface area contributed by atoms with Gasteiger partial charge in [0.15, 0.2) is 0 Å². The largest absolute Gasteiger partial charge is 0.0628 e. The van der Waals surface area contributed by atoms with Crippen molar-refractivity contribution in [3.05, 3.63) is 35.9 Å². The summed E-state index contributed by atoms with van der Waals surface area (Å²) in [5.74, 6) is 0.815. The van der Waals surface area contributed by atoms with E-state index >= 15 is 0 Å². The Hall–Kier alpha value is -0.780. The van der Waals surface area contributed by atoms with Crippen molar-refractivity contribution in [2.24, 2.45) is 5.92 Å². The molecule has 60 valence electrons. The number of hydrogen-bond acceptors (Lipinski definition) is 0. The molecule has 0 saturated heterocycles. The summed E-state index contributed by atoms with van der Waals surface area (Å²) in [6.07, 6.45) is 2.52. The van der Waals surface area contributed by atoms with Gasteiger partial charge in [0.25, 0.3) is 0 Å². The topological polar surface area (TPSA) is 0 Å². The van der Waals surface area contributed by atoms with Gasteiger partial charge in [-0.2, -0.15) is 0 Å². The maximum absolute atomic E-state index is 2.27. The highest BCUT2D eigenvalue weighted by atomic mass is 14.0. The fourth-order valence-corrected chi connectivity index (χ4v) is 1.10. The zero-order chi connectivity index (χ0) is 8.10. The molecule has 1 rings (SSSR count). The van der Waals surface area contributed by atoms with E-state index < -0.39 is 0 Å². The van der Waals surface area contributed by atoms with Crippen molar-refractivity contribution >= 4 is 0 Å². The Kier molecular flexibility index (Phi) is 3.15. The first-order valence-electron chi connectivity index (χ1n) is 4.33. The van der Waals surface area contributed by atoms with Crippen LogP contribution in [-0.2, 0) is 6.42 Å². The normalized spacial score (nSPS) is 10.5. The van der Waals surface area contributed by atoms with E-state index in [0.717, 1.165) is 5.92 Å². The van der Waals surface area contributed by atoms with Crippen LogP contribution in [0.2, 0.25) is 0 Å². The van der Waals surface area contributed by atoms with Crippen LogP contribution in [0.25, 0.3) is 0 Å². The van der Waals surface area contributed by atoms with Crippen molar-refractivity contribution in [2.45, 2.75) is 26.7 Å². The lowest BCUT2D eigenvalue weighted by molar-refractivity contribution is 0.587. The summed E-state index contributed by atoms with van der Waals surface area (Å²) in [4.78, 5) is 0. The fraction of sp³-hybridized carbons (Fsp3) is 0.455. The van der Waals surface area contributed by atoms with E-state index in [4.69, 9.17) is 0 Å². The van der Waals surface area contributed by atoms with Crippen LogP contribution in [0.5, 0.6) is 0 Å². The minimum Gasteiger partial charge on any atom is -0.0628 e. The molecule has 0 heterocycles. The van der Waals surface area contributed by atoms with E-state index in [2.05, 4.69) is 44.2 Å². The summed E-state index contributed by atoms with van der Waals surface area (Å²) in [6, 6.07) is 10.7. The summed E-state index contributed by atoms with van der Waals surface area (Å²) in [5.41, 5.74) is 1.46. The molecule has 0 heteroatoms. The molecule has 1 aromatic rings. The third kappa shape index (κ3) is 3.22. The lowest BCUT2D eigenvalue weighted by atomic mass is 10.0. The van der Waals surface area contributed by atoms with Crippen LogP contribution in [0.4, 0.5) is 0 Å². The van der Waals surface area contributed by atoms with Crippen LogP contribution < -0.4 is 0 Å². The van der Waals surface area contributed by atoms with Crippen LogP contribution >= 0.6 is 0 Å². The summed E-state index contributed by atoms with van der Waals surface area (Å²) in [7, 11) is 0. The predicted molar refractivity (Wildman–Crippen MR) is 49.6 cm³/mol. The highest BCUT2D eigenvalue weighted by molar-refractivity contribution is 5.14. The first-order chi connectivity index (χ1) is 5.29. The highest BCUT2D eigenvalue weighted by Crippen LogP contribution is 2.07. The molecule has 0 radical (unpaired) electrons. The van der Waals surface area contributed by atoms with Crippen LogP contribution in [0.1, 0.15) is 25.8 Å². The third-order valence-corrected chi connectivity index (χ3v) is 1.85. The maximum Gasteiger partial charge on any atom is -0.0276 e. The summed E-state index contributed by atoms with van der Waals surface area (Å²) < 4.78 is 0. The first kappa shape index (κ1) is 8.32. The average molecular weight is 148 g/mol.